The second-order valence-electron chi connectivity index (χ2n) is 7.31. The van der Waals surface area contributed by atoms with Gasteiger partial charge in [-0.3, -0.25) is 14.7 Å². The standard InChI is InChI=1S/C16H20FN3O.C2HF3O2/c17-13-9-18-6-3-12(13)16(21)20-8-5-14-15(20)4-7-19(14)10-11-1-2-11;3-2(4,5)1(6)7/h3,6,9,11,14-15H,1-2,4-5,7-8,10H2;(H,6,7)/t14-,15+;/m0./s1. The number of halogens is 4. The van der Waals surface area contributed by atoms with E-state index in [-0.39, 0.29) is 17.5 Å². The van der Waals surface area contributed by atoms with Crippen LogP contribution in [0.15, 0.2) is 18.5 Å². The van der Waals surface area contributed by atoms with Crippen LogP contribution in [0.1, 0.15) is 36.0 Å². The van der Waals surface area contributed by atoms with E-state index < -0.39 is 18.0 Å². The zero-order chi connectivity index (χ0) is 20.5. The molecule has 1 aliphatic carbocycles. The Bertz CT molecular complexity index is 739. The normalized spacial score (nSPS) is 24.5. The number of pyridine rings is 1. The minimum atomic E-state index is -5.08. The van der Waals surface area contributed by atoms with Gasteiger partial charge in [-0.05, 0) is 37.7 Å². The molecule has 1 saturated carbocycles. The molecule has 1 N–H and O–H groups in total. The van der Waals surface area contributed by atoms with E-state index in [1.807, 2.05) is 4.90 Å². The number of aromatic nitrogens is 1. The maximum absolute atomic E-state index is 13.8. The molecule has 2 aliphatic heterocycles. The molecule has 28 heavy (non-hydrogen) atoms. The van der Waals surface area contributed by atoms with Crippen molar-refractivity contribution in [2.24, 2.45) is 5.92 Å². The molecule has 3 fully saturated rings. The summed E-state index contributed by atoms with van der Waals surface area (Å²) in [6.45, 7) is 3.01. The zero-order valence-corrected chi connectivity index (χ0v) is 15.0. The van der Waals surface area contributed by atoms with Crippen molar-refractivity contribution in [2.75, 3.05) is 19.6 Å². The Hall–Kier alpha value is -2.23. The molecule has 0 radical (unpaired) electrons. The summed E-state index contributed by atoms with van der Waals surface area (Å²) in [5, 5.41) is 7.12. The van der Waals surface area contributed by atoms with Gasteiger partial charge in [0, 0.05) is 37.9 Å². The predicted octanol–water partition coefficient (Wildman–Crippen LogP) is 2.55. The molecule has 0 bridgehead atoms. The monoisotopic (exact) mass is 403 g/mol. The van der Waals surface area contributed by atoms with Crippen LogP contribution in [-0.2, 0) is 4.79 Å². The first-order valence-electron chi connectivity index (χ1n) is 9.13. The summed E-state index contributed by atoms with van der Waals surface area (Å²) in [6, 6.07) is 2.24. The summed E-state index contributed by atoms with van der Waals surface area (Å²) < 4.78 is 45.5. The number of nitrogens with zero attached hydrogens (tertiary/aromatic N) is 3. The molecular weight excluding hydrogens is 382 g/mol. The molecule has 0 spiro atoms. The van der Waals surface area contributed by atoms with E-state index in [2.05, 4.69) is 9.88 Å². The number of carboxylic acid groups (broad SMARTS) is 1. The molecule has 0 aromatic carbocycles. The minimum absolute atomic E-state index is 0.159. The van der Waals surface area contributed by atoms with Gasteiger partial charge >= 0.3 is 12.1 Å². The van der Waals surface area contributed by atoms with Gasteiger partial charge in [-0.25, -0.2) is 9.18 Å². The fourth-order valence-corrected chi connectivity index (χ4v) is 3.89. The molecule has 3 heterocycles. The molecule has 1 aromatic rings. The number of alkyl halides is 3. The highest BCUT2D eigenvalue weighted by atomic mass is 19.4. The molecule has 4 rings (SSSR count). The second kappa shape index (κ2) is 8.02. The van der Waals surface area contributed by atoms with Crippen LogP contribution in [0, 0.1) is 11.7 Å². The fourth-order valence-electron chi connectivity index (χ4n) is 3.89. The van der Waals surface area contributed by atoms with Crippen molar-refractivity contribution in [3.63, 3.8) is 0 Å². The second-order valence-corrected chi connectivity index (χ2v) is 7.31. The molecule has 2 atom stereocenters. The average Bonchev–Trinajstić information content (AvgIpc) is 3.21. The highest BCUT2D eigenvalue weighted by molar-refractivity contribution is 5.94. The van der Waals surface area contributed by atoms with Crippen LogP contribution in [0.5, 0.6) is 0 Å². The molecule has 3 aliphatic rings. The van der Waals surface area contributed by atoms with E-state index in [9.17, 15) is 22.4 Å². The Labute approximate surface area is 159 Å². The lowest BCUT2D eigenvalue weighted by atomic mass is 10.1. The van der Waals surface area contributed by atoms with E-state index in [4.69, 9.17) is 9.90 Å². The lowest BCUT2D eigenvalue weighted by Gasteiger charge is -2.25. The molecule has 6 nitrogen and oxygen atoms in total. The van der Waals surface area contributed by atoms with Crippen molar-refractivity contribution in [3.05, 3.63) is 29.8 Å². The van der Waals surface area contributed by atoms with Crippen molar-refractivity contribution >= 4 is 11.9 Å². The number of aliphatic carboxylic acids is 1. The van der Waals surface area contributed by atoms with E-state index in [1.165, 1.54) is 31.6 Å². The van der Waals surface area contributed by atoms with Crippen LogP contribution in [-0.4, -0.2) is 69.7 Å². The van der Waals surface area contributed by atoms with Crippen molar-refractivity contribution < 1.29 is 32.3 Å². The number of hydrogen-bond donors (Lipinski definition) is 1. The average molecular weight is 403 g/mol. The summed E-state index contributed by atoms with van der Waals surface area (Å²) in [4.78, 5) is 29.6. The SMILES string of the molecule is O=C(O)C(F)(F)F.O=C(c1ccncc1F)N1CC[C@H]2[C@H]1CCN2CC1CC1. The number of amides is 1. The Kier molecular flexibility index (Phi) is 5.87. The molecule has 1 aromatic heterocycles. The van der Waals surface area contributed by atoms with E-state index in [1.54, 1.807) is 0 Å². The number of carbonyl (C=O) groups is 2. The number of rotatable bonds is 3. The van der Waals surface area contributed by atoms with Gasteiger partial charge in [0.05, 0.1) is 11.8 Å². The Morgan fingerprint density at radius 1 is 1.14 bits per heavy atom. The van der Waals surface area contributed by atoms with Crippen LogP contribution in [0.4, 0.5) is 17.6 Å². The smallest absolute Gasteiger partial charge is 0.475 e. The maximum atomic E-state index is 13.8. The van der Waals surface area contributed by atoms with Gasteiger partial charge in [0.2, 0.25) is 0 Å². The van der Waals surface area contributed by atoms with Gasteiger partial charge in [-0.15, -0.1) is 0 Å². The first kappa shape index (κ1) is 20.5. The summed E-state index contributed by atoms with van der Waals surface area (Å²) >= 11 is 0. The molecule has 2 saturated heterocycles. The van der Waals surface area contributed by atoms with Gasteiger partial charge in [0.15, 0.2) is 5.82 Å². The number of likely N-dealkylation sites (tertiary alicyclic amines) is 2. The van der Waals surface area contributed by atoms with Crippen LogP contribution >= 0.6 is 0 Å². The topological polar surface area (TPSA) is 73.7 Å². The van der Waals surface area contributed by atoms with Gasteiger partial charge in [-0.2, -0.15) is 13.2 Å². The van der Waals surface area contributed by atoms with Gasteiger partial charge < -0.3 is 10.0 Å². The largest absolute Gasteiger partial charge is 0.490 e. The minimum Gasteiger partial charge on any atom is -0.475 e. The summed E-state index contributed by atoms with van der Waals surface area (Å²) in [7, 11) is 0. The number of hydrogen-bond acceptors (Lipinski definition) is 4. The zero-order valence-electron chi connectivity index (χ0n) is 15.0. The third-order valence-corrected chi connectivity index (χ3v) is 5.39. The molecule has 154 valence electrons. The lowest BCUT2D eigenvalue weighted by Crippen LogP contribution is -2.40. The van der Waals surface area contributed by atoms with Gasteiger partial charge in [-0.1, -0.05) is 0 Å². The third kappa shape index (κ3) is 4.60. The quantitative estimate of drug-likeness (QED) is 0.786. The summed E-state index contributed by atoms with van der Waals surface area (Å²) in [5.74, 6) is -2.56. The van der Waals surface area contributed by atoms with Crippen LogP contribution in [0.25, 0.3) is 0 Å². The predicted molar refractivity (Wildman–Crippen MR) is 90.0 cm³/mol. The Morgan fingerprint density at radius 2 is 1.79 bits per heavy atom. The van der Waals surface area contributed by atoms with Crippen molar-refractivity contribution in [2.45, 2.75) is 43.9 Å². The lowest BCUT2D eigenvalue weighted by molar-refractivity contribution is -0.192. The van der Waals surface area contributed by atoms with Crippen LogP contribution in [0.2, 0.25) is 0 Å². The first-order valence-corrected chi connectivity index (χ1v) is 9.13. The molecule has 10 heteroatoms. The van der Waals surface area contributed by atoms with Crippen LogP contribution < -0.4 is 0 Å². The van der Waals surface area contributed by atoms with Crippen molar-refractivity contribution in [1.82, 2.24) is 14.8 Å². The van der Waals surface area contributed by atoms with E-state index >= 15 is 0 Å². The highest BCUT2D eigenvalue weighted by Crippen LogP contribution is 2.37. The summed E-state index contributed by atoms with van der Waals surface area (Å²) in [5.41, 5.74) is 0.159. The van der Waals surface area contributed by atoms with Crippen molar-refractivity contribution in [3.8, 4) is 0 Å². The number of fused-ring (bicyclic) bond motifs is 1. The van der Waals surface area contributed by atoms with E-state index in [0.717, 1.165) is 38.0 Å². The number of carboxylic acids is 1. The molecule has 0 unspecified atom stereocenters. The van der Waals surface area contributed by atoms with Crippen LogP contribution in [0.3, 0.4) is 0 Å². The van der Waals surface area contributed by atoms with Crippen molar-refractivity contribution in [1.29, 1.82) is 0 Å². The van der Waals surface area contributed by atoms with E-state index in [0.29, 0.717) is 6.04 Å². The number of carbonyl (C=O) groups excluding carboxylic acids is 1. The first-order chi connectivity index (χ1) is 13.2. The maximum Gasteiger partial charge on any atom is 0.490 e. The molecule has 1 amide bonds. The highest BCUT2D eigenvalue weighted by Gasteiger charge is 2.45. The Morgan fingerprint density at radius 3 is 2.36 bits per heavy atom. The van der Waals surface area contributed by atoms with Gasteiger partial charge in [0.25, 0.3) is 5.91 Å². The third-order valence-electron chi connectivity index (χ3n) is 5.39. The fraction of sp³-hybridized carbons (Fsp3) is 0.611. The van der Waals surface area contributed by atoms with Gasteiger partial charge in [0.1, 0.15) is 0 Å². The Balaban J connectivity index is 0.000000279. The molecular formula is C18H21F4N3O3. The summed E-state index contributed by atoms with van der Waals surface area (Å²) in [6.07, 6.45) is 2.29.